The second-order valence-electron chi connectivity index (χ2n) is 5.75. The molecule has 0 unspecified atom stereocenters. The molecule has 0 N–H and O–H groups in total. The Bertz CT molecular complexity index is 686. The molecule has 1 heterocycles. The molecule has 0 saturated heterocycles. The highest BCUT2D eigenvalue weighted by atomic mass is 32.2. The molecule has 21 heavy (non-hydrogen) atoms. The molecule has 0 aromatic heterocycles. The summed E-state index contributed by atoms with van der Waals surface area (Å²) in [4.78, 5) is 0.246. The maximum Gasteiger partial charge on any atom is 0.179 e. The highest BCUT2D eigenvalue weighted by molar-refractivity contribution is 7.91. The lowest BCUT2D eigenvalue weighted by Gasteiger charge is -2.13. The van der Waals surface area contributed by atoms with Crippen molar-refractivity contribution in [3.05, 3.63) is 18.2 Å². The first-order chi connectivity index (χ1) is 10.0. The second kappa shape index (κ2) is 5.23. The van der Waals surface area contributed by atoms with Crippen LogP contribution in [0.2, 0.25) is 0 Å². The van der Waals surface area contributed by atoms with Crippen LogP contribution in [-0.4, -0.2) is 27.4 Å². The molecule has 1 aromatic rings. The Labute approximate surface area is 124 Å². The minimum absolute atomic E-state index is 0.0349. The summed E-state index contributed by atoms with van der Waals surface area (Å²) in [5, 5.41) is 8.82. The molecule has 0 bridgehead atoms. The molecule has 3 rings (SSSR count). The van der Waals surface area contributed by atoms with E-state index in [0.29, 0.717) is 31.1 Å². The highest BCUT2D eigenvalue weighted by Crippen LogP contribution is 2.50. The van der Waals surface area contributed by atoms with Gasteiger partial charge in [-0.3, -0.25) is 0 Å². The van der Waals surface area contributed by atoms with E-state index < -0.39 is 9.84 Å². The van der Waals surface area contributed by atoms with Crippen LogP contribution in [0, 0.1) is 16.7 Å². The predicted octanol–water partition coefficient (Wildman–Crippen LogP) is 2.32. The van der Waals surface area contributed by atoms with E-state index in [0.717, 1.165) is 19.3 Å². The molecule has 5 nitrogen and oxygen atoms in total. The number of hydrogen-bond donors (Lipinski definition) is 0. The fourth-order valence-corrected chi connectivity index (χ4v) is 4.47. The van der Waals surface area contributed by atoms with Crippen molar-refractivity contribution < 1.29 is 17.9 Å². The molecule has 2 aliphatic rings. The van der Waals surface area contributed by atoms with E-state index in [2.05, 4.69) is 6.07 Å². The van der Waals surface area contributed by atoms with Crippen LogP contribution in [0.25, 0.3) is 0 Å². The standard InChI is InChI=1S/C15H17NO4S/c16-7-6-15(4-5-15)11-21(17,18)12-2-3-13-14(10-12)20-9-1-8-19-13/h2-3,10H,1,4-6,8-9,11H2. The van der Waals surface area contributed by atoms with Crippen LogP contribution in [0.1, 0.15) is 25.7 Å². The van der Waals surface area contributed by atoms with Crippen LogP contribution >= 0.6 is 0 Å². The van der Waals surface area contributed by atoms with E-state index >= 15 is 0 Å². The molecular weight excluding hydrogens is 290 g/mol. The van der Waals surface area contributed by atoms with Gasteiger partial charge in [-0.05, 0) is 30.4 Å². The van der Waals surface area contributed by atoms with Crippen molar-refractivity contribution in [1.82, 2.24) is 0 Å². The third-order valence-corrected chi connectivity index (χ3v) is 5.95. The van der Waals surface area contributed by atoms with E-state index in [-0.39, 0.29) is 16.1 Å². The van der Waals surface area contributed by atoms with Gasteiger partial charge in [0.15, 0.2) is 21.3 Å². The first-order valence-electron chi connectivity index (χ1n) is 7.04. The van der Waals surface area contributed by atoms with E-state index in [1.54, 1.807) is 18.2 Å². The van der Waals surface area contributed by atoms with Gasteiger partial charge < -0.3 is 9.47 Å². The molecular formula is C15H17NO4S. The van der Waals surface area contributed by atoms with Gasteiger partial charge in [0.2, 0.25) is 0 Å². The summed E-state index contributed by atoms with van der Waals surface area (Å²) >= 11 is 0. The van der Waals surface area contributed by atoms with Crippen LogP contribution in [-0.2, 0) is 9.84 Å². The SMILES string of the molecule is N#CCC1(CS(=O)(=O)c2ccc3c(c2)OCCCO3)CC1. The maximum atomic E-state index is 12.5. The maximum absolute atomic E-state index is 12.5. The van der Waals surface area contributed by atoms with Gasteiger partial charge in [0.1, 0.15) is 0 Å². The van der Waals surface area contributed by atoms with Gasteiger partial charge in [-0.1, -0.05) is 0 Å². The van der Waals surface area contributed by atoms with Gasteiger partial charge in [-0.2, -0.15) is 5.26 Å². The largest absolute Gasteiger partial charge is 0.490 e. The van der Waals surface area contributed by atoms with Crippen LogP contribution in [0.5, 0.6) is 11.5 Å². The summed E-state index contributed by atoms with van der Waals surface area (Å²) in [5.41, 5.74) is -0.336. The Kier molecular flexibility index (Phi) is 3.54. The minimum Gasteiger partial charge on any atom is -0.490 e. The van der Waals surface area contributed by atoms with Crippen molar-refractivity contribution in [3.8, 4) is 17.6 Å². The summed E-state index contributed by atoms with van der Waals surface area (Å²) < 4.78 is 36.1. The number of hydrogen-bond acceptors (Lipinski definition) is 5. The first kappa shape index (κ1) is 14.2. The van der Waals surface area contributed by atoms with Crippen molar-refractivity contribution in [1.29, 1.82) is 5.26 Å². The van der Waals surface area contributed by atoms with Gasteiger partial charge in [-0.15, -0.1) is 0 Å². The van der Waals surface area contributed by atoms with Gasteiger partial charge >= 0.3 is 0 Å². The number of ether oxygens (including phenoxy) is 2. The van der Waals surface area contributed by atoms with Gasteiger partial charge in [0, 0.05) is 18.9 Å². The zero-order chi connectivity index (χ0) is 14.9. The molecule has 0 atom stereocenters. The van der Waals surface area contributed by atoms with Crippen LogP contribution < -0.4 is 9.47 Å². The minimum atomic E-state index is -3.41. The molecule has 0 radical (unpaired) electrons. The van der Waals surface area contributed by atoms with Crippen molar-refractivity contribution in [2.45, 2.75) is 30.6 Å². The number of sulfone groups is 1. The van der Waals surface area contributed by atoms with Gasteiger partial charge in [0.25, 0.3) is 0 Å². The average molecular weight is 307 g/mol. The van der Waals surface area contributed by atoms with Gasteiger partial charge in [-0.25, -0.2) is 8.42 Å². The quantitative estimate of drug-likeness (QED) is 0.853. The number of nitrogens with zero attached hydrogens (tertiary/aromatic N) is 1. The van der Waals surface area contributed by atoms with E-state index in [4.69, 9.17) is 14.7 Å². The zero-order valence-electron chi connectivity index (χ0n) is 11.7. The Hall–Kier alpha value is -1.74. The van der Waals surface area contributed by atoms with Crippen molar-refractivity contribution in [2.75, 3.05) is 19.0 Å². The summed E-state index contributed by atoms with van der Waals surface area (Å²) in [6.07, 6.45) is 2.70. The van der Waals surface area contributed by atoms with Crippen molar-refractivity contribution in [3.63, 3.8) is 0 Å². The third kappa shape index (κ3) is 2.98. The third-order valence-electron chi connectivity index (χ3n) is 3.99. The monoisotopic (exact) mass is 307 g/mol. The normalized spacial score (nSPS) is 19.4. The molecule has 1 aliphatic carbocycles. The fourth-order valence-electron chi connectivity index (χ4n) is 2.54. The molecule has 1 saturated carbocycles. The average Bonchev–Trinajstić information content (AvgIpc) is 3.21. The number of nitriles is 1. The molecule has 1 aromatic carbocycles. The Morgan fingerprint density at radius 3 is 2.57 bits per heavy atom. The molecule has 0 amide bonds. The molecule has 1 fully saturated rings. The smallest absolute Gasteiger partial charge is 0.179 e. The van der Waals surface area contributed by atoms with Crippen LogP contribution in [0.4, 0.5) is 0 Å². The van der Waals surface area contributed by atoms with E-state index in [1.807, 2.05) is 0 Å². The molecule has 112 valence electrons. The predicted molar refractivity (Wildman–Crippen MR) is 76.0 cm³/mol. The molecule has 0 spiro atoms. The Balaban J connectivity index is 1.86. The van der Waals surface area contributed by atoms with Gasteiger partial charge in [0.05, 0.1) is 29.9 Å². The second-order valence-corrected chi connectivity index (χ2v) is 7.74. The number of benzene rings is 1. The zero-order valence-corrected chi connectivity index (χ0v) is 12.5. The summed E-state index contributed by atoms with van der Waals surface area (Å²) in [5.74, 6) is 1.11. The van der Waals surface area contributed by atoms with E-state index in [9.17, 15) is 8.42 Å². The fraction of sp³-hybridized carbons (Fsp3) is 0.533. The highest BCUT2D eigenvalue weighted by Gasteiger charge is 2.46. The lowest BCUT2D eigenvalue weighted by Crippen LogP contribution is -2.17. The van der Waals surface area contributed by atoms with Crippen LogP contribution in [0.15, 0.2) is 23.1 Å². The summed E-state index contributed by atoms with van der Waals surface area (Å²) in [6.45, 7) is 1.10. The lowest BCUT2D eigenvalue weighted by molar-refractivity contribution is 0.297. The number of fused-ring (bicyclic) bond motifs is 1. The molecule has 1 aliphatic heterocycles. The molecule has 6 heteroatoms. The summed E-state index contributed by atoms with van der Waals surface area (Å²) in [7, 11) is -3.41. The Morgan fingerprint density at radius 1 is 1.19 bits per heavy atom. The van der Waals surface area contributed by atoms with E-state index in [1.165, 1.54) is 0 Å². The topological polar surface area (TPSA) is 76.4 Å². The summed E-state index contributed by atoms with van der Waals surface area (Å²) in [6, 6.07) is 6.84. The van der Waals surface area contributed by atoms with Crippen LogP contribution in [0.3, 0.4) is 0 Å². The Morgan fingerprint density at radius 2 is 1.90 bits per heavy atom. The lowest BCUT2D eigenvalue weighted by atomic mass is 10.1. The van der Waals surface area contributed by atoms with Crippen molar-refractivity contribution in [2.24, 2.45) is 5.41 Å². The number of rotatable bonds is 4. The first-order valence-corrected chi connectivity index (χ1v) is 8.69. The van der Waals surface area contributed by atoms with Crippen molar-refractivity contribution >= 4 is 9.84 Å².